The first-order chi connectivity index (χ1) is 21.3. The number of benzene rings is 4. The zero-order chi connectivity index (χ0) is 33.9. The van der Waals surface area contributed by atoms with E-state index in [0.29, 0.717) is 12.1 Å². The van der Waals surface area contributed by atoms with Gasteiger partial charge in [-0.2, -0.15) is 49.0 Å². The normalized spacial score (nSPS) is 12.7. The number of aromatic hydroxyl groups is 2. The lowest BCUT2D eigenvalue weighted by Crippen LogP contribution is -2.08. The summed E-state index contributed by atoms with van der Waals surface area (Å²) in [6, 6.07) is 6.29. The van der Waals surface area contributed by atoms with Gasteiger partial charge in [0.2, 0.25) is 5.95 Å². The number of aromatic nitrogens is 3. The van der Waals surface area contributed by atoms with Crippen molar-refractivity contribution in [1.29, 1.82) is 0 Å². The van der Waals surface area contributed by atoms with E-state index in [4.69, 9.17) is 5.73 Å². The van der Waals surface area contributed by atoms with E-state index in [-0.39, 0.29) is 16.5 Å². The van der Waals surface area contributed by atoms with E-state index in [2.05, 4.69) is 30.5 Å². The van der Waals surface area contributed by atoms with E-state index in [1.165, 1.54) is 6.07 Å². The zero-order valence-electron chi connectivity index (χ0n) is 22.0. The Morgan fingerprint density at radius 3 is 1.85 bits per heavy atom. The van der Waals surface area contributed by atoms with Gasteiger partial charge in [-0.1, -0.05) is 6.07 Å². The fourth-order valence-corrected chi connectivity index (χ4v) is 6.48. The Labute approximate surface area is 255 Å². The van der Waals surface area contributed by atoms with Crippen molar-refractivity contribution in [1.82, 2.24) is 15.0 Å². The second-order valence-corrected chi connectivity index (χ2v) is 13.3. The summed E-state index contributed by atoms with van der Waals surface area (Å²) in [7, 11) is -15.3. The van der Waals surface area contributed by atoms with Gasteiger partial charge in [0, 0.05) is 27.9 Å². The third-order valence-electron chi connectivity index (χ3n) is 6.20. The first kappa shape index (κ1) is 32.2. The summed E-state index contributed by atoms with van der Waals surface area (Å²) >= 11 is 0. The molecular weight excluding hydrogens is 684 g/mol. The predicted molar refractivity (Wildman–Crippen MR) is 152 cm³/mol. The molecule has 4 aromatic carbocycles. The van der Waals surface area contributed by atoms with Crippen molar-refractivity contribution in [3.8, 4) is 11.5 Å². The minimum absolute atomic E-state index is 0.0668. The maximum atomic E-state index is 13.4. The molecule has 0 aliphatic carbocycles. The Hall–Kier alpha value is -5.20. The molecule has 0 radical (unpaired) electrons. The average molecular weight is 700 g/mol. The van der Waals surface area contributed by atoms with Crippen molar-refractivity contribution in [3.05, 3.63) is 54.6 Å². The number of nitrogens with one attached hydrogen (secondary N) is 1. The minimum Gasteiger partial charge on any atom is -0.506 e. The molecule has 18 nitrogen and oxygen atoms in total. The predicted octanol–water partition coefficient (Wildman–Crippen LogP) is 3.35. The highest BCUT2D eigenvalue weighted by Crippen LogP contribution is 2.45. The Morgan fingerprint density at radius 2 is 1.26 bits per heavy atom. The number of hydrogen-bond acceptors (Lipinski definition) is 15. The number of phenolic OH excluding ortho intramolecular Hbond substituents is 2. The lowest BCUT2D eigenvalue weighted by Gasteiger charge is -2.13. The fraction of sp³-hybridized carbons (Fsp3) is 0. The highest BCUT2D eigenvalue weighted by Gasteiger charge is 2.27. The van der Waals surface area contributed by atoms with Gasteiger partial charge in [-0.05, 0) is 30.3 Å². The molecule has 23 heteroatoms. The van der Waals surface area contributed by atoms with E-state index >= 15 is 0 Å². The number of nitrogens with zero attached hydrogens (tertiary/aromatic N) is 5. The van der Waals surface area contributed by atoms with Crippen molar-refractivity contribution < 1.29 is 57.9 Å². The van der Waals surface area contributed by atoms with Crippen LogP contribution in [0, 0.1) is 12.2 Å². The van der Waals surface area contributed by atoms with Gasteiger partial charge >= 0.3 is 12.2 Å². The third kappa shape index (κ3) is 6.04. The van der Waals surface area contributed by atoms with E-state index in [1.807, 2.05) is 0 Å². The molecular formula is C23H15F2N7O11S3. The fourth-order valence-electron chi connectivity index (χ4n) is 4.34. The quantitative estimate of drug-likeness (QED) is 0.0727. The van der Waals surface area contributed by atoms with Gasteiger partial charge in [0.1, 0.15) is 31.8 Å². The van der Waals surface area contributed by atoms with Crippen molar-refractivity contribution in [2.45, 2.75) is 14.7 Å². The van der Waals surface area contributed by atoms with E-state index in [0.717, 1.165) is 24.3 Å². The van der Waals surface area contributed by atoms with Crippen molar-refractivity contribution in [2.75, 3.05) is 11.1 Å². The number of phenols is 2. The Kier molecular flexibility index (Phi) is 7.70. The van der Waals surface area contributed by atoms with E-state index in [1.54, 1.807) is 0 Å². The Balaban J connectivity index is 1.70. The van der Waals surface area contributed by atoms with Gasteiger partial charge in [-0.15, -0.1) is 10.2 Å². The Bertz CT molecular complexity index is 2480. The van der Waals surface area contributed by atoms with Crippen LogP contribution in [0.4, 0.5) is 37.5 Å². The molecule has 0 unspecified atom stereocenters. The van der Waals surface area contributed by atoms with Crippen LogP contribution in [0.2, 0.25) is 0 Å². The molecule has 0 amide bonds. The highest BCUT2D eigenvalue weighted by atomic mass is 32.2. The molecule has 0 atom stereocenters. The average Bonchev–Trinajstić information content (AvgIpc) is 2.90. The van der Waals surface area contributed by atoms with Crippen LogP contribution in [0.25, 0.3) is 21.5 Å². The molecule has 0 saturated carbocycles. The summed E-state index contributed by atoms with van der Waals surface area (Å²) in [5.74, 6) is -2.47. The summed E-state index contributed by atoms with van der Waals surface area (Å²) in [6.45, 7) is 0. The summed E-state index contributed by atoms with van der Waals surface area (Å²) in [5, 5.41) is 29.8. The molecule has 1 aromatic heterocycles. The van der Waals surface area contributed by atoms with Crippen molar-refractivity contribution in [3.63, 3.8) is 0 Å². The molecule has 46 heavy (non-hydrogen) atoms. The third-order valence-corrected chi connectivity index (χ3v) is 8.88. The molecule has 0 spiro atoms. The lowest BCUT2D eigenvalue weighted by atomic mass is 10.1. The van der Waals surface area contributed by atoms with Crippen LogP contribution in [0.15, 0.2) is 67.4 Å². The van der Waals surface area contributed by atoms with Crippen LogP contribution in [0.5, 0.6) is 11.5 Å². The van der Waals surface area contributed by atoms with Gasteiger partial charge in [0.05, 0.1) is 11.1 Å². The minimum atomic E-state index is -5.19. The first-order valence-corrected chi connectivity index (χ1v) is 16.1. The molecule has 8 N–H and O–H groups in total. The van der Waals surface area contributed by atoms with Gasteiger partial charge in [-0.25, -0.2) is 0 Å². The number of nitrogen functional groups attached to an aromatic ring is 1. The van der Waals surface area contributed by atoms with Crippen molar-refractivity contribution >= 4 is 80.6 Å². The largest absolute Gasteiger partial charge is 0.506 e. The summed E-state index contributed by atoms with van der Waals surface area (Å²) in [6.07, 6.45) is -2.94. The van der Waals surface area contributed by atoms with Crippen LogP contribution in [0.1, 0.15) is 0 Å². The number of nitrogens with two attached hydrogens (primary N) is 1. The molecule has 5 aromatic rings. The van der Waals surface area contributed by atoms with Crippen molar-refractivity contribution in [2.24, 2.45) is 10.2 Å². The van der Waals surface area contributed by atoms with Gasteiger partial charge in [-0.3, -0.25) is 13.7 Å². The second-order valence-electron chi connectivity index (χ2n) is 9.09. The number of hydrogen-bond donors (Lipinski definition) is 7. The van der Waals surface area contributed by atoms with Crippen LogP contribution in [0.3, 0.4) is 0 Å². The molecule has 0 fully saturated rings. The van der Waals surface area contributed by atoms with E-state index in [9.17, 15) is 57.9 Å². The zero-order valence-corrected chi connectivity index (χ0v) is 24.5. The van der Waals surface area contributed by atoms with Crippen LogP contribution < -0.4 is 11.1 Å². The molecule has 0 saturated heterocycles. The van der Waals surface area contributed by atoms with Crippen LogP contribution >= 0.6 is 0 Å². The number of rotatable bonds is 7. The number of anilines is 3. The van der Waals surface area contributed by atoms with Gasteiger partial charge in [0.15, 0.2) is 5.75 Å². The number of azo groups is 1. The maximum Gasteiger partial charge on any atom is 0.315 e. The highest BCUT2D eigenvalue weighted by molar-refractivity contribution is 7.87. The molecule has 0 bridgehead atoms. The van der Waals surface area contributed by atoms with Crippen LogP contribution in [-0.2, 0) is 30.4 Å². The molecule has 0 aliphatic rings. The lowest BCUT2D eigenvalue weighted by molar-refractivity contribution is 0.457. The van der Waals surface area contributed by atoms with Crippen LogP contribution in [-0.4, -0.2) is 64.1 Å². The molecule has 5 rings (SSSR count). The molecule has 0 aliphatic heterocycles. The summed E-state index contributed by atoms with van der Waals surface area (Å²) < 4.78 is 128. The van der Waals surface area contributed by atoms with E-state index < -0.39 is 102 Å². The Morgan fingerprint density at radius 1 is 0.696 bits per heavy atom. The smallest absolute Gasteiger partial charge is 0.315 e. The molecule has 240 valence electrons. The SMILES string of the molecule is Nc1c(S(=O)(=O)O)cc(S(=O)(=O)O)c2ccc(N=Nc3c(O)cc(S(=O)(=O)O)c4cc(Nc5nc(F)nc(F)n5)ccc34)c(O)c12. The number of fused-ring (bicyclic) bond motifs is 2. The first-order valence-electron chi connectivity index (χ1n) is 11.8. The number of halogens is 2. The molecule has 1 heterocycles. The monoisotopic (exact) mass is 699 g/mol. The topological polar surface area (TPSA) is 305 Å². The second kappa shape index (κ2) is 11.0. The van der Waals surface area contributed by atoms with Gasteiger partial charge < -0.3 is 21.3 Å². The summed E-state index contributed by atoms with van der Waals surface area (Å²) in [4.78, 5) is 6.16. The standard InChI is InChI=1S/C23H15F2N7O11S3/c24-21-28-22(25)30-23(29-21)27-8-1-2-9-11(5-8)14(44(35,36)37)6-13(33)19(9)32-31-12-4-3-10-15(45(38,39)40)7-16(46(41,42)43)18(26)17(10)20(12)34/h1-7,33-34H,26H2,(H,35,36,37)(H,38,39,40)(H,41,42,43)(H,27,28,29,30). The van der Waals surface area contributed by atoms with Gasteiger partial charge in [0.25, 0.3) is 30.4 Å². The summed E-state index contributed by atoms with van der Waals surface area (Å²) in [5.41, 5.74) is 3.91. The maximum absolute atomic E-state index is 13.4.